The Kier molecular flexibility index (Phi) is 5.54. The van der Waals surface area contributed by atoms with E-state index in [-0.39, 0.29) is 5.56 Å². The maximum absolute atomic E-state index is 12.3. The third kappa shape index (κ3) is 4.38. The zero-order chi connectivity index (χ0) is 18.8. The highest BCUT2D eigenvalue weighted by molar-refractivity contribution is 7.16. The van der Waals surface area contributed by atoms with E-state index in [1.807, 2.05) is 19.1 Å². The number of nitrogens with zero attached hydrogens (tertiary/aromatic N) is 3. The van der Waals surface area contributed by atoms with Crippen LogP contribution in [0.4, 0.5) is 0 Å². The number of quaternary nitrogens is 2. The highest BCUT2D eigenvalue weighted by Gasteiger charge is 2.24. The summed E-state index contributed by atoms with van der Waals surface area (Å²) in [6.07, 6.45) is 0.826. The van der Waals surface area contributed by atoms with Crippen LogP contribution in [0.2, 0.25) is 5.02 Å². The maximum atomic E-state index is 12.3. The Morgan fingerprint density at radius 3 is 2.44 bits per heavy atom. The number of aromatic nitrogens is 3. The van der Waals surface area contributed by atoms with Crippen molar-refractivity contribution in [2.45, 2.75) is 26.4 Å². The normalized spacial score (nSPS) is 20.2. The second-order valence-electron chi connectivity index (χ2n) is 7.11. The second-order valence-corrected chi connectivity index (χ2v) is 8.59. The molecule has 0 saturated carbocycles. The molecule has 8 heteroatoms. The summed E-state index contributed by atoms with van der Waals surface area (Å²) in [5, 5.41) is 6.05. The number of hydrogen-bond donors (Lipinski definition) is 2. The first kappa shape index (κ1) is 18.6. The van der Waals surface area contributed by atoms with E-state index in [1.165, 1.54) is 26.3 Å². The summed E-state index contributed by atoms with van der Waals surface area (Å²) >= 11 is 7.47. The van der Waals surface area contributed by atoms with E-state index >= 15 is 0 Å². The Balaban J connectivity index is 1.37. The van der Waals surface area contributed by atoms with Crippen LogP contribution in [0.1, 0.15) is 23.2 Å². The Morgan fingerprint density at radius 1 is 1.11 bits per heavy atom. The summed E-state index contributed by atoms with van der Waals surface area (Å²) in [5.41, 5.74) is 2.13. The summed E-state index contributed by atoms with van der Waals surface area (Å²) in [6.45, 7) is 8.31. The van der Waals surface area contributed by atoms with Crippen LogP contribution in [0.5, 0.6) is 0 Å². The summed E-state index contributed by atoms with van der Waals surface area (Å²) in [7, 11) is 0. The van der Waals surface area contributed by atoms with Crippen LogP contribution < -0.4 is 15.4 Å². The van der Waals surface area contributed by atoms with Crippen molar-refractivity contribution in [3.05, 3.63) is 62.0 Å². The van der Waals surface area contributed by atoms with Gasteiger partial charge in [-0.1, -0.05) is 42.0 Å². The molecule has 0 unspecified atom stereocenters. The van der Waals surface area contributed by atoms with Crippen molar-refractivity contribution in [3.8, 4) is 0 Å². The lowest BCUT2D eigenvalue weighted by atomic mass is 10.2. The SMILES string of the molecule is CCc1nn2c(=O)cc(C[NH+]3CC[NH+](Cc4ccc(Cl)cc4)CC3)nc2s1. The first-order valence-electron chi connectivity index (χ1n) is 9.41. The van der Waals surface area contributed by atoms with Gasteiger partial charge in [0, 0.05) is 16.7 Å². The number of piperazine rings is 1. The summed E-state index contributed by atoms with van der Waals surface area (Å²) in [4.78, 5) is 20.8. The lowest BCUT2D eigenvalue weighted by Gasteiger charge is -2.29. The van der Waals surface area contributed by atoms with E-state index in [9.17, 15) is 4.79 Å². The van der Waals surface area contributed by atoms with Crippen molar-refractivity contribution < 1.29 is 9.80 Å². The largest absolute Gasteiger partial charge is 0.322 e. The Labute approximate surface area is 167 Å². The molecular formula is C19H24ClN5OS+2. The van der Waals surface area contributed by atoms with Crippen LogP contribution in [-0.2, 0) is 19.5 Å². The quantitative estimate of drug-likeness (QED) is 0.620. The molecule has 0 atom stereocenters. The first-order valence-corrected chi connectivity index (χ1v) is 10.6. The highest BCUT2D eigenvalue weighted by atomic mass is 35.5. The lowest BCUT2D eigenvalue weighted by molar-refractivity contribution is -1.02. The van der Waals surface area contributed by atoms with Gasteiger partial charge in [-0.2, -0.15) is 9.61 Å². The minimum atomic E-state index is -0.0719. The molecule has 0 radical (unpaired) electrons. The van der Waals surface area contributed by atoms with Crippen molar-refractivity contribution in [1.82, 2.24) is 14.6 Å². The van der Waals surface area contributed by atoms with Gasteiger partial charge in [-0.15, -0.1) is 0 Å². The predicted octanol–water partition coefficient (Wildman–Crippen LogP) is -0.150. The first-order chi connectivity index (χ1) is 13.1. The number of rotatable bonds is 5. The van der Waals surface area contributed by atoms with Gasteiger partial charge in [-0.3, -0.25) is 4.79 Å². The van der Waals surface area contributed by atoms with Crippen molar-refractivity contribution in [2.24, 2.45) is 0 Å². The lowest BCUT2D eigenvalue weighted by Crippen LogP contribution is -3.27. The number of halogens is 1. The van der Waals surface area contributed by atoms with E-state index in [2.05, 4.69) is 22.2 Å². The Bertz CT molecular complexity index is 976. The fraction of sp³-hybridized carbons (Fsp3) is 0.421. The molecule has 0 amide bonds. The van der Waals surface area contributed by atoms with Gasteiger partial charge >= 0.3 is 0 Å². The van der Waals surface area contributed by atoms with Crippen LogP contribution in [0.3, 0.4) is 0 Å². The van der Waals surface area contributed by atoms with E-state index in [0.717, 1.165) is 61.4 Å². The third-order valence-electron chi connectivity index (χ3n) is 5.11. The number of fused-ring (bicyclic) bond motifs is 1. The van der Waals surface area contributed by atoms with Gasteiger partial charge in [0.2, 0.25) is 4.96 Å². The van der Waals surface area contributed by atoms with Crippen molar-refractivity contribution in [3.63, 3.8) is 0 Å². The van der Waals surface area contributed by atoms with Gasteiger partial charge < -0.3 is 9.80 Å². The number of nitrogens with one attached hydrogen (secondary N) is 2. The molecular weight excluding hydrogens is 382 g/mol. The molecule has 1 aromatic carbocycles. The van der Waals surface area contributed by atoms with E-state index in [4.69, 9.17) is 11.6 Å². The predicted molar refractivity (Wildman–Crippen MR) is 107 cm³/mol. The van der Waals surface area contributed by atoms with Crippen LogP contribution in [0, 0.1) is 0 Å². The van der Waals surface area contributed by atoms with E-state index in [0.29, 0.717) is 4.96 Å². The van der Waals surface area contributed by atoms with Gasteiger partial charge in [0.25, 0.3) is 5.56 Å². The minimum Gasteiger partial charge on any atom is -0.322 e. The topological polar surface area (TPSA) is 56.1 Å². The highest BCUT2D eigenvalue weighted by Crippen LogP contribution is 2.11. The minimum absolute atomic E-state index is 0.0719. The molecule has 2 N–H and O–H groups in total. The van der Waals surface area contributed by atoms with Crippen molar-refractivity contribution in [2.75, 3.05) is 26.2 Å². The molecule has 1 fully saturated rings. The molecule has 6 nitrogen and oxygen atoms in total. The van der Waals surface area contributed by atoms with Gasteiger partial charge in [-0.05, 0) is 18.6 Å². The molecule has 1 aliphatic rings. The molecule has 4 rings (SSSR count). The summed E-state index contributed by atoms with van der Waals surface area (Å²) < 4.78 is 1.43. The smallest absolute Gasteiger partial charge is 0.275 e. The monoisotopic (exact) mass is 405 g/mol. The van der Waals surface area contributed by atoms with E-state index < -0.39 is 0 Å². The summed E-state index contributed by atoms with van der Waals surface area (Å²) in [6, 6.07) is 9.79. The fourth-order valence-corrected chi connectivity index (χ4v) is 4.57. The van der Waals surface area contributed by atoms with Crippen molar-refractivity contribution in [1.29, 1.82) is 0 Å². The molecule has 3 heterocycles. The molecule has 0 spiro atoms. The average Bonchev–Trinajstić information content (AvgIpc) is 3.09. The van der Waals surface area contributed by atoms with Crippen LogP contribution in [-0.4, -0.2) is 40.8 Å². The molecule has 27 heavy (non-hydrogen) atoms. The Hall–Kier alpha value is -1.80. The molecule has 142 valence electrons. The molecule has 1 aliphatic heterocycles. The average molecular weight is 406 g/mol. The van der Waals surface area contributed by atoms with Crippen molar-refractivity contribution >= 4 is 27.9 Å². The molecule has 0 bridgehead atoms. The van der Waals surface area contributed by atoms with Gasteiger partial charge in [-0.25, -0.2) is 4.98 Å². The van der Waals surface area contributed by atoms with Gasteiger partial charge in [0.1, 0.15) is 50.0 Å². The fourth-order valence-electron chi connectivity index (χ4n) is 3.59. The maximum Gasteiger partial charge on any atom is 0.275 e. The zero-order valence-corrected chi connectivity index (χ0v) is 16.9. The number of hydrogen-bond acceptors (Lipinski definition) is 4. The van der Waals surface area contributed by atoms with E-state index in [1.54, 1.807) is 11.0 Å². The van der Waals surface area contributed by atoms with Gasteiger partial charge in [0.15, 0.2) is 0 Å². The van der Waals surface area contributed by atoms with Gasteiger partial charge in [0.05, 0.1) is 0 Å². The van der Waals surface area contributed by atoms with Crippen LogP contribution in [0.25, 0.3) is 4.96 Å². The molecule has 2 aromatic heterocycles. The third-order valence-corrected chi connectivity index (χ3v) is 6.41. The number of aryl methyl sites for hydroxylation is 1. The Morgan fingerprint density at radius 2 is 1.78 bits per heavy atom. The molecule has 3 aromatic rings. The standard InChI is InChI=1S/C19H22ClN5OS/c1-2-17-22-25-18(26)11-16(21-19(25)27-17)13-24-9-7-23(8-10-24)12-14-3-5-15(20)6-4-14/h3-6,11H,2,7-10,12-13H2,1H3/p+2. The van der Waals surface area contributed by atoms with Crippen LogP contribution >= 0.6 is 22.9 Å². The molecule has 0 aliphatic carbocycles. The zero-order valence-electron chi connectivity index (χ0n) is 15.4. The molecule has 1 saturated heterocycles. The van der Waals surface area contributed by atoms with Crippen LogP contribution in [0.15, 0.2) is 35.1 Å². The summed E-state index contributed by atoms with van der Waals surface area (Å²) in [5.74, 6) is 0. The number of benzene rings is 1. The second kappa shape index (κ2) is 8.06.